The molecular formula is C17H21N5O2S. The summed E-state index contributed by atoms with van der Waals surface area (Å²) >= 11 is 1.85. The number of anilines is 2. The van der Waals surface area contributed by atoms with Gasteiger partial charge >= 0.3 is 0 Å². The quantitative estimate of drug-likeness (QED) is 0.885. The van der Waals surface area contributed by atoms with Gasteiger partial charge in [0.1, 0.15) is 5.82 Å². The third-order valence-electron chi connectivity index (χ3n) is 4.28. The van der Waals surface area contributed by atoms with Crippen molar-refractivity contribution in [2.45, 2.75) is 16.6 Å². The molecule has 2 aromatic rings. The van der Waals surface area contributed by atoms with E-state index in [0.717, 1.165) is 63.0 Å². The molecule has 2 aromatic heterocycles. The largest absolute Gasteiger partial charge is 0.380 e. The van der Waals surface area contributed by atoms with Crippen LogP contribution in [0.15, 0.2) is 29.4 Å². The normalized spacial score (nSPS) is 20.8. The number of pyridine rings is 1. The number of aromatic nitrogens is 3. The van der Waals surface area contributed by atoms with Crippen LogP contribution in [0.1, 0.15) is 6.42 Å². The van der Waals surface area contributed by atoms with Crippen LogP contribution in [0.25, 0.3) is 11.3 Å². The van der Waals surface area contributed by atoms with Gasteiger partial charge in [-0.3, -0.25) is 0 Å². The van der Waals surface area contributed by atoms with Crippen LogP contribution in [-0.2, 0) is 9.47 Å². The number of nitrogens with two attached hydrogens (primary N) is 1. The first-order valence-electron chi connectivity index (χ1n) is 8.45. The molecule has 4 heterocycles. The third-order valence-corrected chi connectivity index (χ3v) is 5.49. The number of morpholine rings is 1. The number of ether oxygens (including phenoxy) is 2. The van der Waals surface area contributed by atoms with Crippen LogP contribution in [0.2, 0.25) is 0 Å². The zero-order valence-electron chi connectivity index (χ0n) is 13.9. The second kappa shape index (κ2) is 7.55. The molecule has 0 aromatic carbocycles. The van der Waals surface area contributed by atoms with Gasteiger partial charge in [-0.25, -0.2) is 15.0 Å². The number of rotatable bonds is 4. The van der Waals surface area contributed by atoms with Gasteiger partial charge < -0.3 is 20.1 Å². The van der Waals surface area contributed by atoms with Crippen LogP contribution in [-0.4, -0.2) is 59.7 Å². The van der Waals surface area contributed by atoms with E-state index in [0.29, 0.717) is 5.25 Å². The van der Waals surface area contributed by atoms with Gasteiger partial charge in [0.05, 0.1) is 25.5 Å². The molecule has 132 valence electrons. The summed E-state index contributed by atoms with van der Waals surface area (Å²) in [5, 5.41) is 0.496. The van der Waals surface area contributed by atoms with E-state index in [1.165, 1.54) is 4.90 Å². The van der Waals surface area contributed by atoms with Gasteiger partial charge in [0, 0.05) is 47.8 Å². The molecule has 2 aliphatic heterocycles. The van der Waals surface area contributed by atoms with Crippen molar-refractivity contribution in [1.29, 1.82) is 0 Å². The lowest BCUT2D eigenvalue weighted by atomic mass is 10.2. The summed E-state index contributed by atoms with van der Waals surface area (Å²) in [5.74, 6) is 1.24. The fourth-order valence-electron chi connectivity index (χ4n) is 2.93. The van der Waals surface area contributed by atoms with Crippen LogP contribution in [0.3, 0.4) is 0 Å². The molecule has 2 fully saturated rings. The monoisotopic (exact) mass is 359 g/mol. The number of nitrogen functional groups attached to an aromatic ring is 1. The Morgan fingerprint density at radius 2 is 1.88 bits per heavy atom. The van der Waals surface area contributed by atoms with Crippen LogP contribution in [0.5, 0.6) is 0 Å². The average Bonchev–Trinajstić information content (AvgIpc) is 3.16. The second-order valence-corrected chi connectivity index (χ2v) is 7.45. The Labute approximate surface area is 151 Å². The Kier molecular flexibility index (Phi) is 5.00. The average molecular weight is 359 g/mol. The molecule has 0 aliphatic carbocycles. The smallest absolute Gasteiger partial charge is 0.219 e. The van der Waals surface area contributed by atoms with E-state index in [9.17, 15) is 0 Å². The molecule has 0 radical (unpaired) electrons. The van der Waals surface area contributed by atoms with Crippen molar-refractivity contribution in [1.82, 2.24) is 15.0 Å². The zero-order valence-corrected chi connectivity index (χ0v) is 14.7. The lowest BCUT2D eigenvalue weighted by Crippen LogP contribution is -2.36. The Morgan fingerprint density at radius 3 is 2.60 bits per heavy atom. The predicted octanol–water partition coefficient (Wildman–Crippen LogP) is 1.84. The number of hydrogen-bond donors (Lipinski definition) is 1. The summed E-state index contributed by atoms with van der Waals surface area (Å²) in [5.41, 5.74) is 7.34. The topological polar surface area (TPSA) is 86.4 Å². The van der Waals surface area contributed by atoms with Crippen molar-refractivity contribution in [3.63, 3.8) is 0 Å². The maximum atomic E-state index is 5.61. The second-order valence-electron chi connectivity index (χ2n) is 6.08. The summed E-state index contributed by atoms with van der Waals surface area (Å²) in [4.78, 5) is 16.5. The summed E-state index contributed by atoms with van der Waals surface area (Å²) in [6.45, 7) is 4.82. The van der Waals surface area contributed by atoms with Gasteiger partial charge in [-0.1, -0.05) is 0 Å². The number of hydrogen-bond acceptors (Lipinski definition) is 8. The van der Waals surface area contributed by atoms with Crippen molar-refractivity contribution in [2.75, 3.05) is 50.2 Å². The van der Waals surface area contributed by atoms with Crippen molar-refractivity contribution in [2.24, 2.45) is 0 Å². The Morgan fingerprint density at radius 1 is 1.08 bits per heavy atom. The first-order chi connectivity index (χ1) is 12.3. The lowest BCUT2D eigenvalue weighted by molar-refractivity contribution is 0.122. The van der Waals surface area contributed by atoms with Crippen molar-refractivity contribution < 1.29 is 9.47 Å². The predicted molar refractivity (Wildman–Crippen MR) is 97.8 cm³/mol. The fraction of sp³-hybridized carbons (Fsp3) is 0.471. The van der Waals surface area contributed by atoms with E-state index < -0.39 is 0 Å². The van der Waals surface area contributed by atoms with Crippen LogP contribution >= 0.6 is 11.8 Å². The lowest BCUT2D eigenvalue weighted by Gasteiger charge is -2.28. The first kappa shape index (κ1) is 16.6. The summed E-state index contributed by atoms with van der Waals surface area (Å²) in [6.07, 6.45) is 4.53. The molecular weight excluding hydrogens is 338 g/mol. The first-order valence-corrected chi connectivity index (χ1v) is 9.33. The van der Waals surface area contributed by atoms with Gasteiger partial charge in [0.25, 0.3) is 0 Å². The highest BCUT2D eigenvalue weighted by atomic mass is 32.2. The molecule has 2 N–H and O–H groups in total. The Bertz CT molecular complexity index is 715. The molecule has 0 bridgehead atoms. The molecule has 0 saturated carbocycles. The third kappa shape index (κ3) is 4.02. The van der Waals surface area contributed by atoms with E-state index in [1.54, 1.807) is 12.4 Å². The van der Waals surface area contributed by atoms with E-state index >= 15 is 0 Å². The SMILES string of the molecule is Nc1ncc(-c2cc(SC3CCOC3)cc(N3CCOCC3)n2)cn1. The Hall–Kier alpha value is -1.90. The Balaban J connectivity index is 1.67. The standard InChI is InChI=1S/C17H21N5O2S/c18-17-19-9-12(10-20-17)15-7-14(25-13-1-4-24-11-13)8-16(21-15)22-2-5-23-6-3-22/h7-10,13H,1-6,11H2,(H2,18,19,20). The van der Waals surface area contributed by atoms with E-state index in [-0.39, 0.29) is 5.95 Å². The van der Waals surface area contributed by atoms with Gasteiger partial charge in [-0.2, -0.15) is 0 Å². The summed E-state index contributed by atoms with van der Waals surface area (Å²) < 4.78 is 11.0. The van der Waals surface area contributed by atoms with Gasteiger partial charge in [-0.05, 0) is 18.6 Å². The molecule has 4 rings (SSSR count). The molecule has 1 unspecified atom stereocenters. The summed E-state index contributed by atoms with van der Waals surface area (Å²) in [7, 11) is 0. The minimum Gasteiger partial charge on any atom is -0.380 e. The molecule has 8 heteroatoms. The van der Waals surface area contributed by atoms with Gasteiger partial charge in [0.15, 0.2) is 0 Å². The van der Waals surface area contributed by atoms with E-state index in [4.69, 9.17) is 20.2 Å². The highest BCUT2D eigenvalue weighted by molar-refractivity contribution is 8.00. The molecule has 0 spiro atoms. The highest BCUT2D eigenvalue weighted by Crippen LogP contribution is 2.33. The molecule has 1 atom stereocenters. The molecule has 25 heavy (non-hydrogen) atoms. The number of thioether (sulfide) groups is 1. The van der Waals surface area contributed by atoms with Gasteiger partial charge in [-0.15, -0.1) is 11.8 Å². The van der Waals surface area contributed by atoms with E-state index in [2.05, 4.69) is 27.0 Å². The van der Waals surface area contributed by atoms with Crippen molar-refractivity contribution >= 4 is 23.5 Å². The van der Waals surface area contributed by atoms with Crippen LogP contribution in [0.4, 0.5) is 11.8 Å². The molecule has 2 aliphatic rings. The molecule has 2 saturated heterocycles. The minimum absolute atomic E-state index is 0.269. The maximum Gasteiger partial charge on any atom is 0.219 e. The molecule has 0 amide bonds. The van der Waals surface area contributed by atoms with Crippen LogP contribution in [0, 0.1) is 0 Å². The van der Waals surface area contributed by atoms with Crippen molar-refractivity contribution in [3.8, 4) is 11.3 Å². The zero-order chi connectivity index (χ0) is 17.1. The van der Waals surface area contributed by atoms with Crippen molar-refractivity contribution in [3.05, 3.63) is 24.5 Å². The number of nitrogens with zero attached hydrogens (tertiary/aromatic N) is 4. The fourth-order valence-corrected chi connectivity index (χ4v) is 4.05. The minimum atomic E-state index is 0.269. The van der Waals surface area contributed by atoms with Gasteiger partial charge in [0.2, 0.25) is 5.95 Å². The summed E-state index contributed by atoms with van der Waals surface area (Å²) in [6, 6.07) is 4.26. The molecule has 7 nitrogen and oxygen atoms in total. The van der Waals surface area contributed by atoms with Crippen LogP contribution < -0.4 is 10.6 Å². The maximum absolute atomic E-state index is 5.61. The highest BCUT2D eigenvalue weighted by Gasteiger charge is 2.20. The van der Waals surface area contributed by atoms with E-state index in [1.807, 2.05) is 11.8 Å².